The van der Waals surface area contributed by atoms with Gasteiger partial charge in [-0.3, -0.25) is 4.79 Å². The van der Waals surface area contributed by atoms with Crippen molar-refractivity contribution in [2.75, 3.05) is 19.8 Å². The van der Waals surface area contributed by atoms with Crippen LogP contribution in [-0.2, 0) is 4.74 Å². The molecule has 4 heteroatoms. The summed E-state index contributed by atoms with van der Waals surface area (Å²) in [5.41, 5.74) is 1.74. The highest BCUT2D eigenvalue weighted by Gasteiger charge is 2.06. The molecule has 0 fully saturated rings. The van der Waals surface area contributed by atoms with Gasteiger partial charge in [-0.15, -0.1) is 0 Å². The molecule has 19 heavy (non-hydrogen) atoms. The zero-order chi connectivity index (χ0) is 14.3. The second-order valence-electron chi connectivity index (χ2n) is 5.01. The Hall–Kier alpha value is -0.870. The number of aryl methyl sites for hydroxylation is 1. The third kappa shape index (κ3) is 6.21. The number of halogens is 1. The topological polar surface area (TPSA) is 38.3 Å². The average Bonchev–Trinajstić information content (AvgIpc) is 2.36. The molecule has 3 nitrogen and oxygen atoms in total. The molecule has 1 aromatic rings. The number of hydrogen-bond acceptors (Lipinski definition) is 2. The lowest BCUT2D eigenvalue weighted by molar-refractivity contribution is 0.0905. The highest BCUT2D eigenvalue weighted by Crippen LogP contribution is 2.16. The van der Waals surface area contributed by atoms with Crippen LogP contribution in [0.2, 0.25) is 0 Å². The zero-order valence-corrected chi connectivity index (χ0v) is 13.4. The van der Waals surface area contributed by atoms with Crippen molar-refractivity contribution < 1.29 is 9.53 Å². The molecule has 0 aliphatic rings. The molecular weight excluding hydrogens is 306 g/mol. The lowest BCUT2D eigenvalue weighted by Crippen LogP contribution is -2.27. The van der Waals surface area contributed by atoms with Gasteiger partial charge in [0.2, 0.25) is 0 Å². The first-order chi connectivity index (χ1) is 9.00. The van der Waals surface area contributed by atoms with E-state index in [0.717, 1.165) is 23.1 Å². The monoisotopic (exact) mass is 327 g/mol. The molecule has 1 rings (SSSR count). The Morgan fingerprint density at radius 1 is 1.37 bits per heavy atom. The van der Waals surface area contributed by atoms with Gasteiger partial charge in [-0.1, -0.05) is 29.8 Å². The normalized spacial score (nSPS) is 10.8. The molecule has 0 aliphatic carbocycles. The lowest BCUT2D eigenvalue weighted by Gasteiger charge is -2.08. The maximum absolute atomic E-state index is 11.9. The van der Waals surface area contributed by atoms with Crippen molar-refractivity contribution in [3.63, 3.8) is 0 Å². The van der Waals surface area contributed by atoms with Crippen LogP contribution in [0.3, 0.4) is 0 Å². The molecule has 0 unspecified atom stereocenters. The summed E-state index contributed by atoms with van der Waals surface area (Å²) in [6, 6.07) is 5.58. The van der Waals surface area contributed by atoms with Gasteiger partial charge in [0, 0.05) is 23.2 Å². The van der Waals surface area contributed by atoms with Gasteiger partial charge < -0.3 is 10.1 Å². The fraction of sp³-hybridized carbons (Fsp3) is 0.533. The van der Waals surface area contributed by atoms with Crippen molar-refractivity contribution in [2.45, 2.75) is 27.2 Å². The smallest absolute Gasteiger partial charge is 0.251 e. The summed E-state index contributed by atoms with van der Waals surface area (Å²) in [4.78, 5) is 11.9. The van der Waals surface area contributed by atoms with E-state index in [1.165, 1.54) is 0 Å². The van der Waals surface area contributed by atoms with Crippen LogP contribution >= 0.6 is 15.9 Å². The molecule has 0 saturated carbocycles. The third-order valence-electron chi connectivity index (χ3n) is 2.79. The van der Waals surface area contributed by atoms with E-state index in [4.69, 9.17) is 4.74 Å². The molecule has 0 aliphatic heterocycles. The van der Waals surface area contributed by atoms with Crippen LogP contribution in [0.4, 0.5) is 0 Å². The van der Waals surface area contributed by atoms with Crippen molar-refractivity contribution in [3.8, 4) is 0 Å². The second-order valence-corrected chi connectivity index (χ2v) is 5.87. The second kappa shape index (κ2) is 8.33. The maximum atomic E-state index is 11.9. The number of carbonyl (C=O) groups is 1. The first-order valence-electron chi connectivity index (χ1n) is 6.62. The Balaban J connectivity index is 2.26. The Labute approximate surface area is 123 Å². The van der Waals surface area contributed by atoms with E-state index in [1.54, 1.807) is 0 Å². The van der Waals surface area contributed by atoms with Gasteiger partial charge in [0.15, 0.2) is 0 Å². The highest BCUT2D eigenvalue weighted by atomic mass is 79.9. The van der Waals surface area contributed by atoms with Crippen LogP contribution in [0.15, 0.2) is 22.7 Å². The first kappa shape index (κ1) is 16.2. The van der Waals surface area contributed by atoms with Gasteiger partial charge in [0.25, 0.3) is 5.91 Å². The van der Waals surface area contributed by atoms with E-state index in [-0.39, 0.29) is 5.91 Å². The van der Waals surface area contributed by atoms with Gasteiger partial charge >= 0.3 is 0 Å². The van der Waals surface area contributed by atoms with E-state index in [1.807, 2.05) is 25.1 Å². The number of benzene rings is 1. The van der Waals surface area contributed by atoms with Crippen molar-refractivity contribution in [3.05, 3.63) is 33.8 Å². The average molecular weight is 328 g/mol. The molecule has 0 radical (unpaired) electrons. The summed E-state index contributed by atoms with van der Waals surface area (Å²) in [5, 5.41) is 2.85. The maximum Gasteiger partial charge on any atom is 0.251 e. The van der Waals surface area contributed by atoms with Gasteiger partial charge in [0.1, 0.15) is 0 Å². The summed E-state index contributed by atoms with van der Waals surface area (Å²) in [7, 11) is 0. The zero-order valence-electron chi connectivity index (χ0n) is 11.8. The molecule has 0 spiro atoms. The number of ether oxygens (including phenoxy) is 1. The Morgan fingerprint density at radius 2 is 2.11 bits per heavy atom. The number of rotatable bonds is 7. The van der Waals surface area contributed by atoms with E-state index < -0.39 is 0 Å². The molecule has 0 heterocycles. The fourth-order valence-electron chi connectivity index (χ4n) is 1.55. The van der Waals surface area contributed by atoms with E-state index in [0.29, 0.717) is 24.6 Å². The van der Waals surface area contributed by atoms with Crippen LogP contribution in [-0.4, -0.2) is 25.7 Å². The van der Waals surface area contributed by atoms with Gasteiger partial charge in [-0.2, -0.15) is 0 Å². The van der Waals surface area contributed by atoms with E-state index in [2.05, 4.69) is 35.1 Å². The summed E-state index contributed by atoms with van der Waals surface area (Å²) < 4.78 is 6.47. The minimum absolute atomic E-state index is 0.0527. The molecule has 0 saturated heterocycles. The number of hydrogen-bond donors (Lipinski definition) is 1. The van der Waals surface area contributed by atoms with Crippen LogP contribution in [0.5, 0.6) is 0 Å². The predicted octanol–water partition coefficient (Wildman–Crippen LogP) is 3.55. The molecule has 1 amide bonds. The van der Waals surface area contributed by atoms with Gasteiger partial charge in [-0.25, -0.2) is 0 Å². The van der Waals surface area contributed by atoms with Crippen molar-refractivity contribution in [1.82, 2.24) is 5.32 Å². The summed E-state index contributed by atoms with van der Waals surface area (Å²) in [6.45, 7) is 8.17. The van der Waals surface area contributed by atoms with Gasteiger partial charge in [-0.05, 0) is 43.0 Å². The largest absolute Gasteiger partial charge is 0.380 e. The van der Waals surface area contributed by atoms with Crippen LogP contribution in [0.25, 0.3) is 0 Å². The summed E-state index contributed by atoms with van der Waals surface area (Å²) in [6.07, 6.45) is 1.06. The minimum Gasteiger partial charge on any atom is -0.380 e. The molecule has 1 N–H and O–H groups in total. The van der Waals surface area contributed by atoms with Gasteiger partial charge in [0.05, 0.1) is 6.61 Å². The Morgan fingerprint density at radius 3 is 2.74 bits per heavy atom. The van der Waals surface area contributed by atoms with Crippen molar-refractivity contribution in [2.24, 2.45) is 5.92 Å². The quantitative estimate of drug-likeness (QED) is 0.778. The predicted molar refractivity (Wildman–Crippen MR) is 81.5 cm³/mol. The highest BCUT2D eigenvalue weighted by molar-refractivity contribution is 9.10. The minimum atomic E-state index is -0.0527. The standard InChI is InChI=1S/C15H22BrNO2/c1-11(2)6-8-19-9-7-17-15(18)13-4-5-14(16)12(3)10-13/h4-5,10-11H,6-9H2,1-3H3,(H,17,18). The third-order valence-corrected chi connectivity index (χ3v) is 3.68. The first-order valence-corrected chi connectivity index (χ1v) is 7.42. The van der Waals surface area contributed by atoms with Crippen LogP contribution in [0, 0.1) is 12.8 Å². The van der Waals surface area contributed by atoms with Crippen molar-refractivity contribution in [1.29, 1.82) is 0 Å². The Kier molecular flexibility index (Phi) is 7.10. The number of nitrogens with one attached hydrogen (secondary N) is 1. The Bertz CT molecular complexity index is 419. The fourth-order valence-corrected chi connectivity index (χ4v) is 1.79. The van der Waals surface area contributed by atoms with E-state index in [9.17, 15) is 4.79 Å². The van der Waals surface area contributed by atoms with E-state index >= 15 is 0 Å². The van der Waals surface area contributed by atoms with Crippen LogP contribution < -0.4 is 5.32 Å². The molecule has 0 aromatic heterocycles. The number of amides is 1. The molecule has 0 bridgehead atoms. The van der Waals surface area contributed by atoms with Crippen molar-refractivity contribution >= 4 is 21.8 Å². The molecule has 106 valence electrons. The SMILES string of the molecule is Cc1cc(C(=O)NCCOCCC(C)C)ccc1Br. The molecular formula is C15H22BrNO2. The lowest BCUT2D eigenvalue weighted by atomic mass is 10.1. The summed E-state index contributed by atoms with van der Waals surface area (Å²) in [5.74, 6) is 0.600. The molecule has 1 aromatic carbocycles. The number of carbonyl (C=O) groups excluding carboxylic acids is 1. The molecule has 0 atom stereocenters. The summed E-state index contributed by atoms with van der Waals surface area (Å²) >= 11 is 3.42. The van der Waals surface area contributed by atoms with Crippen LogP contribution in [0.1, 0.15) is 36.2 Å².